The van der Waals surface area contributed by atoms with E-state index in [0.29, 0.717) is 0 Å². The van der Waals surface area contributed by atoms with Crippen molar-refractivity contribution in [1.82, 2.24) is 15.0 Å². The molecule has 4 nitrogen and oxygen atoms in total. The van der Waals surface area contributed by atoms with Crippen LogP contribution in [0.3, 0.4) is 0 Å². The van der Waals surface area contributed by atoms with Crippen LogP contribution in [-0.4, -0.2) is 21.5 Å². The summed E-state index contributed by atoms with van der Waals surface area (Å²) in [6.07, 6.45) is 3.61. The minimum atomic E-state index is 0.286. The molecule has 1 aliphatic rings. The third-order valence-electron chi connectivity index (χ3n) is 2.57. The van der Waals surface area contributed by atoms with Gasteiger partial charge in [0, 0.05) is 24.0 Å². The number of aromatic nitrogens is 3. The van der Waals surface area contributed by atoms with Gasteiger partial charge in [0.05, 0.1) is 12.2 Å². The van der Waals surface area contributed by atoms with Gasteiger partial charge in [0.25, 0.3) is 0 Å². The van der Waals surface area contributed by atoms with Gasteiger partial charge in [0.15, 0.2) is 0 Å². The Bertz CT molecular complexity index is 435. The Balaban J connectivity index is 2.06. The van der Waals surface area contributed by atoms with Crippen molar-refractivity contribution in [2.75, 3.05) is 11.9 Å². The standard InChI is InChI=1S/C10H10N4/c1-2-4-9-8(3-1)10(7-11-9)14-6-5-12-13-14/h1-6,10-11H,7H2. The second-order valence-corrected chi connectivity index (χ2v) is 3.37. The van der Waals surface area contributed by atoms with E-state index in [4.69, 9.17) is 0 Å². The summed E-state index contributed by atoms with van der Waals surface area (Å²) in [5.41, 5.74) is 2.49. The lowest BCUT2D eigenvalue weighted by Crippen LogP contribution is -2.13. The van der Waals surface area contributed by atoms with E-state index in [1.807, 2.05) is 16.9 Å². The third-order valence-corrected chi connectivity index (χ3v) is 2.57. The Morgan fingerprint density at radius 1 is 1.36 bits per heavy atom. The Morgan fingerprint density at radius 2 is 2.29 bits per heavy atom. The molecule has 1 unspecified atom stereocenters. The average Bonchev–Trinajstić information content (AvgIpc) is 2.85. The predicted octanol–water partition coefficient (Wildman–Crippen LogP) is 1.29. The largest absolute Gasteiger partial charge is 0.382 e. The Kier molecular flexibility index (Phi) is 1.53. The molecule has 0 spiro atoms. The molecule has 1 aromatic heterocycles. The SMILES string of the molecule is c1ccc2c(c1)NCC2n1ccnn1. The van der Waals surface area contributed by atoms with Crippen molar-refractivity contribution < 1.29 is 0 Å². The Labute approximate surface area is 81.6 Å². The number of fused-ring (bicyclic) bond motifs is 1. The van der Waals surface area contributed by atoms with Gasteiger partial charge in [-0.05, 0) is 6.07 Å². The normalized spacial score (nSPS) is 19.0. The van der Waals surface area contributed by atoms with E-state index in [1.165, 1.54) is 11.3 Å². The number of para-hydroxylation sites is 1. The van der Waals surface area contributed by atoms with Crippen molar-refractivity contribution in [3.63, 3.8) is 0 Å². The second-order valence-electron chi connectivity index (χ2n) is 3.37. The molecule has 1 aliphatic heterocycles. The zero-order valence-corrected chi connectivity index (χ0v) is 7.59. The lowest BCUT2D eigenvalue weighted by Gasteiger charge is -2.08. The molecule has 1 atom stereocenters. The van der Waals surface area contributed by atoms with Crippen LogP contribution in [0.25, 0.3) is 0 Å². The smallest absolute Gasteiger partial charge is 0.0978 e. The van der Waals surface area contributed by atoms with Gasteiger partial charge in [-0.25, -0.2) is 4.68 Å². The highest BCUT2D eigenvalue weighted by molar-refractivity contribution is 5.57. The summed E-state index contributed by atoms with van der Waals surface area (Å²) in [6.45, 7) is 0.892. The first kappa shape index (κ1) is 7.55. The molecule has 0 radical (unpaired) electrons. The molecule has 0 saturated heterocycles. The van der Waals surface area contributed by atoms with Crippen LogP contribution in [0.4, 0.5) is 5.69 Å². The molecule has 3 rings (SSSR count). The number of nitrogens with one attached hydrogen (secondary N) is 1. The predicted molar refractivity (Wildman–Crippen MR) is 53.1 cm³/mol. The summed E-state index contributed by atoms with van der Waals surface area (Å²) in [6, 6.07) is 8.59. The number of hydrogen-bond acceptors (Lipinski definition) is 3. The quantitative estimate of drug-likeness (QED) is 0.729. The number of rotatable bonds is 1. The molecule has 0 fully saturated rings. The van der Waals surface area contributed by atoms with Gasteiger partial charge in [-0.3, -0.25) is 0 Å². The summed E-state index contributed by atoms with van der Waals surface area (Å²) >= 11 is 0. The van der Waals surface area contributed by atoms with Crippen LogP contribution in [0.15, 0.2) is 36.7 Å². The summed E-state index contributed by atoms with van der Waals surface area (Å²) in [5.74, 6) is 0. The summed E-state index contributed by atoms with van der Waals surface area (Å²) in [7, 11) is 0. The van der Waals surface area contributed by atoms with Crippen molar-refractivity contribution in [3.05, 3.63) is 42.2 Å². The zero-order valence-electron chi connectivity index (χ0n) is 7.59. The first-order valence-corrected chi connectivity index (χ1v) is 4.64. The first-order valence-electron chi connectivity index (χ1n) is 4.64. The summed E-state index contributed by atoms with van der Waals surface area (Å²) in [5, 5.41) is 11.2. The maximum absolute atomic E-state index is 4.02. The summed E-state index contributed by atoms with van der Waals surface area (Å²) < 4.78 is 1.89. The molecule has 2 aromatic rings. The van der Waals surface area contributed by atoms with Gasteiger partial charge in [0.1, 0.15) is 0 Å². The fraction of sp³-hybridized carbons (Fsp3) is 0.200. The van der Waals surface area contributed by atoms with Crippen molar-refractivity contribution in [2.45, 2.75) is 6.04 Å². The fourth-order valence-corrected chi connectivity index (χ4v) is 1.88. The molecule has 1 aromatic carbocycles. The monoisotopic (exact) mass is 186 g/mol. The molecule has 2 heterocycles. The molecule has 0 saturated carbocycles. The van der Waals surface area contributed by atoms with Crippen molar-refractivity contribution in [3.8, 4) is 0 Å². The van der Waals surface area contributed by atoms with Crippen LogP contribution in [0.1, 0.15) is 11.6 Å². The van der Waals surface area contributed by atoms with Crippen LogP contribution in [-0.2, 0) is 0 Å². The average molecular weight is 186 g/mol. The third kappa shape index (κ3) is 1.00. The highest BCUT2D eigenvalue weighted by Gasteiger charge is 2.23. The van der Waals surface area contributed by atoms with Gasteiger partial charge in [-0.2, -0.15) is 0 Å². The van der Waals surface area contributed by atoms with E-state index < -0.39 is 0 Å². The number of anilines is 1. The summed E-state index contributed by atoms with van der Waals surface area (Å²) in [4.78, 5) is 0. The molecular weight excluding hydrogens is 176 g/mol. The molecule has 0 bridgehead atoms. The van der Waals surface area contributed by atoms with E-state index in [2.05, 4.69) is 33.8 Å². The molecule has 4 heteroatoms. The van der Waals surface area contributed by atoms with Gasteiger partial charge < -0.3 is 5.32 Å². The van der Waals surface area contributed by atoms with Crippen LogP contribution < -0.4 is 5.32 Å². The fourth-order valence-electron chi connectivity index (χ4n) is 1.88. The molecule has 0 aliphatic carbocycles. The lowest BCUT2D eigenvalue weighted by molar-refractivity contribution is 0.541. The number of nitrogens with zero attached hydrogens (tertiary/aromatic N) is 3. The molecule has 14 heavy (non-hydrogen) atoms. The van der Waals surface area contributed by atoms with Crippen LogP contribution in [0.5, 0.6) is 0 Å². The maximum Gasteiger partial charge on any atom is 0.0978 e. The topological polar surface area (TPSA) is 42.7 Å². The molecule has 0 amide bonds. The van der Waals surface area contributed by atoms with E-state index in [9.17, 15) is 0 Å². The van der Waals surface area contributed by atoms with E-state index in [0.717, 1.165) is 6.54 Å². The van der Waals surface area contributed by atoms with Crippen molar-refractivity contribution in [2.24, 2.45) is 0 Å². The van der Waals surface area contributed by atoms with Gasteiger partial charge in [0.2, 0.25) is 0 Å². The molecular formula is C10H10N4. The maximum atomic E-state index is 4.02. The number of benzene rings is 1. The minimum Gasteiger partial charge on any atom is -0.382 e. The van der Waals surface area contributed by atoms with Gasteiger partial charge in [-0.15, -0.1) is 5.10 Å². The zero-order chi connectivity index (χ0) is 9.38. The first-order chi connectivity index (χ1) is 6.95. The van der Waals surface area contributed by atoms with E-state index in [-0.39, 0.29) is 6.04 Å². The van der Waals surface area contributed by atoms with E-state index in [1.54, 1.807) is 6.20 Å². The number of hydrogen-bond donors (Lipinski definition) is 1. The van der Waals surface area contributed by atoms with Crippen molar-refractivity contribution >= 4 is 5.69 Å². The van der Waals surface area contributed by atoms with Crippen LogP contribution in [0, 0.1) is 0 Å². The highest BCUT2D eigenvalue weighted by atomic mass is 15.4. The minimum absolute atomic E-state index is 0.286. The molecule has 70 valence electrons. The van der Waals surface area contributed by atoms with Crippen LogP contribution in [0.2, 0.25) is 0 Å². The lowest BCUT2D eigenvalue weighted by atomic mass is 10.1. The van der Waals surface area contributed by atoms with Gasteiger partial charge in [-0.1, -0.05) is 23.4 Å². The van der Waals surface area contributed by atoms with Crippen LogP contribution >= 0.6 is 0 Å². The van der Waals surface area contributed by atoms with E-state index >= 15 is 0 Å². The van der Waals surface area contributed by atoms with Crippen molar-refractivity contribution in [1.29, 1.82) is 0 Å². The Hall–Kier alpha value is -1.84. The Morgan fingerprint density at radius 3 is 3.14 bits per heavy atom. The molecule has 1 N–H and O–H groups in total. The highest BCUT2D eigenvalue weighted by Crippen LogP contribution is 2.31. The van der Waals surface area contributed by atoms with Gasteiger partial charge >= 0.3 is 0 Å². The second kappa shape index (κ2) is 2.83.